The van der Waals surface area contributed by atoms with Gasteiger partial charge in [0.1, 0.15) is 0 Å². The van der Waals surface area contributed by atoms with Crippen molar-refractivity contribution in [3.8, 4) is 0 Å². The van der Waals surface area contributed by atoms with Gasteiger partial charge in [-0.1, -0.05) is 232 Å². The largest absolute Gasteiger partial charge is 1.00 e. The van der Waals surface area contributed by atoms with Gasteiger partial charge in [-0.3, -0.25) is 0 Å². The molecule has 0 aliphatic heterocycles. The lowest BCUT2D eigenvalue weighted by Gasteiger charge is -2.30. The molecule has 0 aromatic heterocycles. The molecule has 0 aliphatic rings. The van der Waals surface area contributed by atoms with E-state index in [0.717, 1.165) is 0 Å². The quantitative estimate of drug-likeness (QED) is 0.0450. The molecule has 0 amide bonds. The molecule has 0 spiro atoms. The molecule has 1 nitrogen and oxygen atoms in total. The predicted octanol–water partition coefficient (Wildman–Crippen LogP) is 12.9. The minimum absolute atomic E-state index is 0. The van der Waals surface area contributed by atoms with Crippen molar-refractivity contribution in [1.29, 1.82) is 0 Å². The van der Waals surface area contributed by atoms with Gasteiger partial charge in [0.15, 0.2) is 0 Å². The normalized spacial score (nSPS) is 11.7. The van der Waals surface area contributed by atoms with Crippen molar-refractivity contribution in [3.05, 3.63) is 0 Å². The minimum Gasteiger partial charge on any atom is -1.00 e. The van der Waals surface area contributed by atoms with E-state index in [-0.39, 0.29) is 12.4 Å². The zero-order chi connectivity index (χ0) is 32.8. The summed E-state index contributed by atoms with van der Waals surface area (Å²) in [5.41, 5.74) is 0. The number of quaternary nitrogens is 1. The second-order valence-electron chi connectivity index (χ2n) is 16.1. The second-order valence-corrected chi connectivity index (χ2v) is 16.1. The fraction of sp³-hybridized carbons (Fsp3) is 1.00. The lowest BCUT2D eigenvalue weighted by molar-refractivity contribution is -0.890. The van der Waals surface area contributed by atoms with Gasteiger partial charge in [-0.15, -0.1) is 0 Å². The summed E-state index contributed by atoms with van der Waals surface area (Å²) in [4.78, 5) is 0. The Morgan fingerprint density at radius 2 is 0.348 bits per heavy atom. The molecule has 0 rings (SSSR count). The summed E-state index contributed by atoms with van der Waals surface area (Å²) in [5, 5.41) is 0. The van der Waals surface area contributed by atoms with Gasteiger partial charge in [0.2, 0.25) is 0 Å². The Labute approximate surface area is 301 Å². The summed E-state index contributed by atoms with van der Waals surface area (Å²) < 4.78 is 1.25. The third kappa shape index (κ3) is 42.3. The molecule has 2 heteroatoms. The summed E-state index contributed by atoms with van der Waals surface area (Å²) in [7, 11) is 4.95. The third-order valence-corrected chi connectivity index (χ3v) is 10.7. The van der Waals surface area contributed by atoms with Crippen molar-refractivity contribution < 1.29 is 16.9 Å². The first kappa shape index (κ1) is 48.4. The van der Waals surface area contributed by atoms with Crippen molar-refractivity contribution in [2.75, 3.05) is 27.2 Å². The van der Waals surface area contributed by atoms with E-state index in [0.29, 0.717) is 0 Å². The average Bonchev–Trinajstić information content (AvgIpc) is 3.03. The molecule has 0 bridgehead atoms. The summed E-state index contributed by atoms with van der Waals surface area (Å²) in [6, 6.07) is 0. The highest BCUT2D eigenvalue weighted by atomic mass is 35.5. The summed E-state index contributed by atoms with van der Waals surface area (Å²) in [6.07, 6.45) is 55.9. The Kier molecular flexibility index (Phi) is 43.5. The number of halogens is 1. The Morgan fingerprint density at radius 1 is 0.217 bits per heavy atom. The molecule has 0 aliphatic carbocycles. The monoisotopic (exact) mass is 670 g/mol. The molecule has 0 fully saturated rings. The van der Waals surface area contributed by atoms with E-state index < -0.39 is 0 Å². The van der Waals surface area contributed by atoms with Crippen LogP contribution in [0.25, 0.3) is 0 Å². The van der Waals surface area contributed by atoms with E-state index >= 15 is 0 Å². The van der Waals surface area contributed by atoms with E-state index in [4.69, 9.17) is 0 Å². The molecule has 0 N–H and O–H groups in total. The Hall–Kier alpha value is 0.250. The van der Waals surface area contributed by atoms with Crippen LogP contribution in [0.5, 0.6) is 0 Å². The van der Waals surface area contributed by atoms with Crippen LogP contribution in [0, 0.1) is 0 Å². The van der Waals surface area contributed by atoms with Gasteiger partial charge in [0, 0.05) is 0 Å². The van der Waals surface area contributed by atoms with Gasteiger partial charge in [-0.25, -0.2) is 0 Å². The first-order valence-electron chi connectivity index (χ1n) is 21.9. The fourth-order valence-corrected chi connectivity index (χ4v) is 7.35. The average molecular weight is 671 g/mol. The topological polar surface area (TPSA) is 0 Å². The number of nitrogens with zero attached hydrogens (tertiary/aromatic N) is 1. The van der Waals surface area contributed by atoms with E-state index in [1.807, 2.05) is 0 Å². The van der Waals surface area contributed by atoms with Gasteiger partial charge < -0.3 is 16.9 Å². The van der Waals surface area contributed by atoms with Crippen LogP contribution in [0.2, 0.25) is 0 Å². The SMILES string of the molecule is CCCCCCCCCCCCCCCCCCCCCC[N+](C)(C)CCCCCCCCCCCCCCCCCCCC.[Cl-]. The molecule has 280 valence electrons. The van der Waals surface area contributed by atoms with Crippen molar-refractivity contribution >= 4 is 0 Å². The summed E-state index contributed by atoms with van der Waals surface area (Å²) in [5.74, 6) is 0. The van der Waals surface area contributed by atoms with Crippen LogP contribution in [0.15, 0.2) is 0 Å². The van der Waals surface area contributed by atoms with Crippen molar-refractivity contribution in [1.82, 2.24) is 0 Å². The number of unbranched alkanes of at least 4 members (excludes halogenated alkanes) is 36. The predicted molar refractivity (Wildman–Crippen MR) is 209 cm³/mol. The van der Waals surface area contributed by atoms with Crippen LogP contribution in [0.4, 0.5) is 0 Å². The van der Waals surface area contributed by atoms with E-state index in [9.17, 15) is 0 Å². The van der Waals surface area contributed by atoms with Gasteiger partial charge in [-0.2, -0.15) is 0 Å². The molecule has 0 saturated carbocycles. The second kappa shape index (κ2) is 41.4. The zero-order valence-corrected chi connectivity index (χ0v) is 33.9. The van der Waals surface area contributed by atoms with Gasteiger partial charge in [0.05, 0.1) is 27.2 Å². The summed E-state index contributed by atoms with van der Waals surface area (Å²) in [6.45, 7) is 7.39. The standard InChI is InChI=1S/C44H92N.ClH/c1-5-7-9-11-13-15-17-19-21-23-25-26-28-30-32-34-36-38-40-42-44-45(3,4)43-41-39-37-35-33-31-29-27-24-22-20-18-16-14-12-10-8-6-2;/h5-44H2,1-4H3;1H/q+1;/p-1. The highest BCUT2D eigenvalue weighted by Crippen LogP contribution is 2.17. The molecule has 0 heterocycles. The molecule has 0 radical (unpaired) electrons. The minimum atomic E-state index is 0. The first-order chi connectivity index (χ1) is 22.1. The van der Waals surface area contributed by atoms with E-state index in [2.05, 4.69) is 27.9 Å². The molecule has 0 aromatic rings. The van der Waals surface area contributed by atoms with Crippen molar-refractivity contribution in [3.63, 3.8) is 0 Å². The van der Waals surface area contributed by atoms with Crippen LogP contribution in [-0.2, 0) is 0 Å². The molecular weight excluding hydrogens is 578 g/mol. The third-order valence-electron chi connectivity index (χ3n) is 10.7. The Balaban J connectivity index is 0. The van der Waals surface area contributed by atoms with Crippen LogP contribution >= 0.6 is 0 Å². The number of hydrogen-bond acceptors (Lipinski definition) is 0. The zero-order valence-electron chi connectivity index (χ0n) is 33.1. The van der Waals surface area contributed by atoms with Gasteiger partial charge >= 0.3 is 0 Å². The molecule has 0 aromatic carbocycles. The highest BCUT2D eigenvalue weighted by Gasteiger charge is 2.13. The first-order valence-corrected chi connectivity index (χ1v) is 21.9. The number of rotatable bonds is 40. The Morgan fingerprint density at radius 3 is 0.500 bits per heavy atom. The molecule has 0 saturated heterocycles. The Bertz CT molecular complexity index is 518. The van der Waals surface area contributed by atoms with Crippen LogP contribution in [0.1, 0.15) is 258 Å². The number of hydrogen-bond donors (Lipinski definition) is 0. The maximum Gasteiger partial charge on any atom is 0.0782 e. The van der Waals surface area contributed by atoms with Gasteiger partial charge in [-0.05, 0) is 25.7 Å². The smallest absolute Gasteiger partial charge is 0.0782 e. The molecular formula is C44H92ClN. The maximum absolute atomic E-state index is 2.48. The molecule has 0 atom stereocenters. The van der Waals surface area contributed by atoms with Crippen molar-refractivity contribution in [2.45, 2.75) is 258 Å². The summed E-state index contributed by atoms with van der Waals surface area (Å²) >= 11 is 0. The lowest BCUT2D eigenvalue weighted by Crippen LogP contribution is -3.00. The van der Waals surface area contributed by atoms with Crippen molar-refractivity contribution in [2.24, 2.45) is 0 Å². The van der Waals surface area contributed by atoms with Gasteiger partial charge in [0.25, 0.3) is 0 Å². The molecule has 0 unspecified atom stereocenters. The van der Waals surface area contributed by atoms with Crippen LogP contribution in [-0.4, -0.2) is 31.7 Å². The fourth-order valence-electron chi connectivity index (χ4n) is 7.35. The lowest BCUT2D eigenvalue weighted by atomic mass is 10.0. The molecule has 46 heavy (non-hydrogen) atoms. The van der Waals surface area contributed by atoms with Crippen LogP contribution < -0.4 is 12.4 Å². The maximum atomic E-state index is 2.48. The van der Waals surface area contributed by atoms with E-state index in [1.54, 1.807) is 0 Å². The van der Waals surface area contributed by atoms with E-state index in [1.165, 1.54) is 262 Å². The van der Waals surface area contributed by atoms with Crippen LogP contribution in [0.3, 0.4) is 0 Å². The highest BCUT2D eigenvalue weighted by molar-refractivity contribution is 4.53.